The molecule has 0 aliphatic carbocycles. The van der Waals surface area contributed by atoms with Crippen molar-refractivity contribution in [1.29, 1.82) is 0 Å². The number of hydrogen-bond acceptors (Lipinski definition) is 7. The average molecular weight is 481 g/mol. The second-order valence-corrected chi connectivity index (χ2v) is 10.2. The predicted octanol–water partition coefficient (Wildman–Crippen LogP) is 3.75. The SMILES string of the molecule is O=S1CCC2=C1C(Nc1cccc(F)c1)=NC(N1CCC(c3cc(-c4ccco4)n[nH]3)CC1)N2. The first-order valence-corrected chi connectivity index (χ1v) is 12.8. The average Bonchev–Trinajstić information content (AvgIpc) is 3.61. The molecule has 3 N–H and O–H groups in total. The quantitative estimate of drug-likeness (QED) is 0.526. The van der Waals surface area contributed by atoms with Crippen LogP contribution in [0.15, 0.2) is 68.7 Å². The van der Waals surface area contributed by atoms with Gasteiger partial charge >= 0.3 is 0 Å². The van der Waals surface area contributed by atoms with E-state index in [9.17, 15) is 8.60 Å². The van der Waals surface area contributed by atoms with Gasteiger partial charge in [0.15, 0.2) is 12.0 Å². The zero-order chi connectivity index (χ0) is 23.1. The van der Waals surface area contributed by atoms with Crippen LogP contribution in [0.1, 0.15) is 30.9 Å². The molecule has 2 atom stereocenters. The van der Waals surface area contributed by atoms with Crippen molar-refractivity contribution in [3.63, 3.8) is 0 Å². The maximum atomic E-state index is 13.7. The molecule has 0 amide bonds. The van der Waals surface area contributed by atoms with E-state index in [-0.39, 0.29) is 12.1 Å². The monoisotopic (exact) mass is 480 g/mol. The standard InChI is InChI=1S/C24H25FN6O2S/c25-16-3-1-4-17(13-16)26-23-22-18(8-12-34(22)32)27-24(28-23)31-9-6-15(7-10-31)19-14-20(30-29-19)21-5-2-11-33-21/h1-5,11,13-15,24,27H,6-10,12H2,(H,26,28)(H,29,30). The number of allylic oxidation sites excluding steroid dienone is 1. The van der Waals surface area contributed by atoms with Crippen molar-refractivity contribution in [2.75, 3.05) is 24.2 Å². The highest BCUT2D eigenvalue weighted by atomic mass is 32.2. The van der Waals surface area contributed by atoms with Gasteiger partial charge in [-0.25, -0.2) is 9.38 Å². The van der Waals surface area contributed by atoms with Gasteiger partial charge in [-0.2, -0.15) is 5.10 Å². The number of benzene rings is 1. The van der Waals surface area contributed by atoms with Gasteiger partial charge in [-0.1, -0.05) is 6.07 Å². The number of H-pyrrole nitrogens is 1. The van der Waals surface area contributed by atoms with E-state index in [0.29, 0.717) is 28.1 Å². The summed E-state index contributed by atoms with van der Waals surface area (Å²) in [6.45, 7) is 1.72. The molecule has 2 aromatic heterocycles. The second kappa shape index (κ2) is 8.84. The minimum absolute atomic E-state index is 0.244. The fourth-order valence-electron chi connectivity index (χ4n) is 4.82. The Balaban J connectivity index is 1.17. The van der Waals surface area contributed by atoms with Crippen LogP contribution in [-0.2, 0) is 10.8 Å². The third-order valence-electron chi connectivity index (χ3n) is 6.58. The highest BCUT2D eigenvalue weighted by Crippen LogP contribution is 2.32. The highest BCUT2D eigenvalue weighted by Gasteiger charge is 2.35. The lowest BCUT2D eigenvalue weighted by molar-refractivity contribution is 0.137. The van der Waals surface area contributed by atoms with E-state index in [2.05, 4.69) is 31.8 Å². The van der Waals surface area contributed by atoms with Crippen molar-refractivity contribution in [2.24, 2.45) is 4.99 Å². The highest BCUT2D eigenvalue weighted by molar-refractivity contribution is 7.90. The molecule has 10 heteroatoms. The molecule has 0 spiro atoms. The molecule has 8 nitrogen and oxygen atoms in total. The third kappa shape index (κ3) is 4.07. The first kappa shape index (κ1) is 21.3. The van der Waals surface area contributed by atoms with E-state index < -0.39 is 10.8 Å². The number of nitrogens with zero attached hydrogens (tertiary/aromatic N) is 3. The number of likely N-dealkylation sites (tertiary alicyclic amines) is 1. The summed E-state index contributed by atoms with van der Waals surface area (Å²) in [5.74, 6) is 1.97. The van der Waals surface area contributed by atoms with Crippen LogP contribution in [0.3, 0.4) is 0 Å². The number of aromatic nitrogens is 2. The van der Waals surface area contributed by atoms with Crippen LogP contribution in [0.4, 0.5) is 10.1 Å². The number of hydrogen-bond donors (Lipinski definition) is 3. The number of aliphatic imine (C=N–C) groups is 1. The van der Waals surface area contributed by atoms with Gasteiger partial charge in [-0.05, 0) is 49.2 Å². The minimum Gasteiger partial charge on any atom is -0.463 e. The summed E-state index contributed by atoms with van der Waals surface area (Å²) in [7, 11) is -1.12. The number of anilines is 1. The number of amidine groups is 1. The number of furan rings is 1. The predicted molar refractivity (Wildman–Crippen MR) is 129 cm³/mol. The van der Waals surface area contributed by atoms with E-state index >= 15 is 0 Å². The van der Waals surface area contributed by atoms with Gasteiger partial charge in [0.25, 0.3) is 0 Å². The molecular formula is C24H25FN6O2S. The van der Waals surface area contributed by atoms with Crippen molar-refractivity contribution < 1.29 is 13.0 Å². The molecule has 0 saturated carbocycles. The van der Waals surface area contributed by atoms with E-state index in [1.54, 1.807) is 18.4 Å². The Bertz CT molecular complexity index is 1280. The summed E-state index contributed by atoms with van der Waals surface area (Å²) in [6.07, 6.45) is 4.07. The van der Waals surface area contributed by atoms with Crippen LogP contribution < -0.4 is 10.6 Å². The molecule has 2 unspecified atom stereocenters. The Hall–Kier alpha value is -3.24. The van der Waals surface area contributed by atoms with Gasteiger partial charge < -0.3 is 15.1 Å². The van der Waals surface area contributed by atoms with Gasteiger partial charge in [-0.15, -0.1) is 0 Å². The molecule has 5 heterocycles. The lowest BCUT2D eigenvalue weighted by Crippen LogP contribution is -2.50. The minimum atomic E-state index is -1.12. The zero-order valence-corrected chi connectivity index (χ0v) is 19.3. The van der Waals surface area contributed by atoms with Crippen LogP contribution >= 0.6 is 0 Å². The van der Waals surface area contributed by atoms with Crippen molar-refractivity contribution >= 4 is 22.3 Å². The molecule has 0 bridgehead atoms. The lowest BCUT2D eigenvalue weighted by Gasteiger charge is -2.38. The molecule has 176 valence electrons. The Kier molecular flexibility index (Phi) is 5.54. The van der Waals surface area contributed by atoms with Crippen LogP contribution in [0, 0.1) is 5.82 Å². The molecule has 34 heavy (non-hydrogen) atoms. The van der Waals surface area contributed by atoms with Crippen LogP contribution in [-0.4, -0.2) is 50.3 Å². The molecular weight excluding hydrogens is 455 g/mol. The Labute approximate surface area is 198 Å². The Morgan fingerprint density at radius 3 is 2.85 bits per heavy atom. The number of halogens is 1. The Morgan fingerprint density at radius 2 is 2.06 bits per heavy atom. The molecule has 3 aromatic rings. The number of nitrogens with one attached hydrogen (secondary N) is 3. The topological polar surface area (TPSA) is 98.6 Å². The van der Waals surface area contributed by atoms with Gasteiger partial charge in [-0.3, -0.25) is 14.2 Å². The normalized spacial score (nSPS) is 23.5. The maximum absolute atomic E-state index is 13.7. The van der Waals surface area contributed by atoms with Gasteiger partial charge in [0, 0.05) is 48.3 Å². The molecule has 3 aliphatic rings. The second-order valence-electron chi connectivity index (χ2n) is 8.73. The largest absolute Gasteiger partial charge is 0.463 e. The lowest BCUT2D eigenvalue weighted by atomic mass is 9.93. The van der Waals surface area contributed by atoms with Gasteiger partial charge in [0.1, 0.15) is 22.3 Å². The fourth-order valence-corrected chi connectivity index (χ4v) is 6.17. The fraction of sp³-hybridized carbons (Fsp3) is 0.333. The van der Waals surface area contributed by atoms with Crippen LogP contribution in [0.2, 0.25) is 0 Å². The van der Waals surface area contributed by atoms with E-state index in [1.807, 2.05) is 12.1 Å². The third-order valence-corrected chi connectivity index (χ3v) is 8.05. The summed E-state index contributed by atoms with van der Waals surface area (Å²) in [4.78, 5) is 7.88. The first-order chi connectivity index (χ1) is 16.6. The zero-order valence-electron chi connectivity index (χ0n) is 18.5. The molecule has 3 aliphatic heterocycles. The van der Waals surface area contributed by atoms with E-state index in [1.165, 1.54) is 12.1 Å². The van der Waals surface area contributed by atoms with Gasteiger partial charge in [0.2, 0.25) is 0 Å². The molecule has 1 aromatic carbocycles. The summed E-state index contributed by atoms with van der Waals surface area (Å²) in [5.41, 5.74) is 3.51. The van der Waals surface area contributed by atoms with Crippen LogP contribution in [0.5, 0.6) is 0 Å². The number of piperidine rings is 1. The van der Waals surface area contributed by atoms with Crippen molar-refractivity contribution in [2.45, 2.75) is 31.5 Å². The summed E-state index contributed by atoms with van der Waals surface area (Å²) < 4.78 is 31.8. The molecule has 1 fully saturated rings. The van der Waals surface area contributed by atoms with Crippen molar-refractivity contribution in [1.82, 2.24) is 20.4 Å². The number of aromatic amines is 1. The maximum Gasteiger partial charge on any atom is 0.178 e. The Morgan fingerprint density at radius 1 is 1.18 bits per heavy atom. The molecule has 0 radical (unpaired) electrons. The van der Waals surface area contributed by atoms with E-state index in [4.69, 9.17) is 9.41 Å². The summed E-state index contributed by atoms with van der Waals surface area (Å²) in [5, 5.41) is 14.3. The van der Waals surface area contributed by atoms with Crippen LogP contribution in [0.25, 0.3) is 11.5 Å². The smallest absolute Gasteiger partial charge is 0.178 e. The first-order valence-electron chi connectivity index (χ1n) is 11.5. The molecule has 6 rings (SSSR count). The van der Waals surface area contributed by atoms with Crippen molar-refractivity contribution in [3.8, 4) is 11.5 Å². The molecule has 1 saturated heterocycles. The summed E-state index contributed by atoms with van der Waals surface area (Å²) >= 11 is 0. The summed E-state index contributed by atoms with van der Waals surface area (Å²) in [6, 6.07) is 12.1. The van der Waals surface area contributed by atoms with Gasteiger partial charge in [0.05, 0.1) is 17.1 Å². The van der Waals surface area contributed by atoms with E-state index in [0.717, 1.165) is 55.2 Å². The van der Waals surface area contributed by atoms with Crippen molar-refractivity contribution in [3.05, 3.63) is 70.8 Å². The number of rotatable bonds is 4.